The number of hydrogen-bond donors (Lipinski definition) is 1. The van der Waals surface area contributed by atoms with Crippen LogP contribution in [0.2, 0.25) is 0 Å². The monoisotopic (exact) mass is 485 g/mol. The highest BCUT2D eigenvalue weighted by molar-refractivity contribution is 7.89. The van der Waals surface area contributed by atoms with Crippen molar-refractivity contribution in [2.24, 2.45) is 0 Å². The Labute approximate surface area is 200 Å². The van der Waals surface area contributed by atoms with Crippen LogP contribution >= 0.6 is 0 Å². The molecule has 0 radical (unpaired) electrons. The lowest BCUT2D eigenvalue weighted by Gasteiger charge is -2.32. The van der Waals surface area contributed by atoms with Crippen molar-refractivity contribution in [1.29, 1.82) is 0 Å². The van der Waals surface area contributed by atoms with E-state index in [-0.39, 0.29) is 16.8 Å². The number of carbonyl (C=O) groups excluding carboxylic acids is 1. The fourth-order valence-electron chi connectivity index (χ4n) is 4.92. The molecule has 3 heterocycles. The molecule has 2 aromatic carbocycles. The molecule has 0 spiro atoms. The predicted octanol–water partition coefficient (Wildman–Crippen LogP) is 2.95. The number of fused-ring (bicyclic) bond motifs is 1. The van der Waals surface area contributed by atoms with Crippen molar-refractivity contribution >= 4 is 21.6 Å². The molecule has 34 heavy (non-hydrogen) atoms. The van der Waals surface area contributed by atoms with Crippen LogP contribution in [0, 0.1) is 0 Å². The van der Waals surface area contributed by atoms with E-state index in [0.29, 0.717) is 58.0 Å². The van der Waals surface area contributed by atoms with Gasteiger partial charge in [-0.3, -0.25) is 4.79 Å². The molecule has 8 nitrogen and oxygen atoms in total. The lowest BCUT2D eigenvalue weighted by Crippen LogP contribution is -2.39. The van der Waals surface area contributed by atoms with Crippen LogP contribution in [0.15, 0.2) is 47.4 Å². The first-order valence-corrected chi connectivity index (χ1v) is 13.5. The second-order valence-electron chi connectivity index (χ2n) is 8.94. The zero-order valence-corrected chi connectivity index (χ0v) is 20.1. The first-order chi connectivity index (χ1) is 16.5. The molecular formula is C25H31N3O5S. The standard InChI is InChI=1S/C25H31N3O5S/c29-25(26-22-10-15-33-24-7-3-2-6-20(22)24)21-18-19(34(30,31)28-11-4-1-5-12-28)8-9-23(21)27-13-16-32-17-14-27/h2-3,6-9,18,22H,1,4-5,10-17H2,(H,26,29). The summed E-state index contributed by atoms with van der Waals surface area (Å²) in [6.07, 6.45) is 3.42. The van der Waals surface area contributed by atoms with Gasteiger partial charge in [-0.25, -0.2) is 8.42 Å². The minimum atomic E-state index is -3.66. The van der Waals surface area contributed by atoms with E-state index < -0.39 is 10.0 Å². The fourth-order valence-corrected chi connectivity index (χ4v) is 6.46. The Morgan fingerprint density at radius 1 is 0.941 bits per heavy atom. The maximum absolute atomic E-state index is 13.6. The molecule has 1 N–H and O–H groups in total. The number of nitrogens with one attached hydrogen (secondary N) is 1. The third-order valence-electron chi connectivity index (χ3n) is 6.78. The lowest BCUT2D eigenvalue weighted by molar-refractivity contribution is 0.0923. The molecule has 2 aromatic rings. The average molecular weight is 486 g/mol. The number of hydrogen-bond acceptors (Lipinski definition) is 6. The molecule has 3 aliphatic rings. The topological polar surface area (TPSA) is 88.2 Å². The minimum absolute atomic E-state index is 0.170. The first-order valence-electron chi connectivity index (χ1n) is 12.0. The van der Waals surface area contributed by atoms with Gasteiger partial charge in [-0.1, -0.05) is 24.6 Å². The van der Waals surface area contributed by atoms with Gasteiger partial charge in [0.25, 0.3) is 5.91 Å². The molecule has 3 aliphatic heterocycles. The summed E-state index contributed by atoms with van der Waals surface area (Å²) in [7, 11) is -3.66. The highest BCUT2D eigenvalue weighted by Crippen LogP contribution is 2.33. The second kappa shape index (κ2) is 9.93. The van der Waals surface area contributed by atoms with Gasteiger partial charge in [-0.2, -0.15) is 4.31 Å². The predicted molar refractivity (Wildman–Crippen MR) is 129 cm³/mol. The summed E-state index contributed by atoms with van der Waals surface area (Å²) in [5.74, 6) is 0.493. The van der Waals surface area contributed by atoms with Crippen molar-refractivity contribution < 1.29 is 22.7 Å². The molecule has 2 fully saturated rings. The van der Waals surface area contributed by atoms with Crippen LogP contribution in [-0.2, 0) is 14.8 Å². The van der Waals surface area contributed by atoms with Crippen LogP contribution in [0.3, 0.4) is 0 Å². The molecule has 1 unspecified atom stereocenters. The largest absolute Gasteiger partial charge is 0.493 e. The summed E-state index contributed by atoms with van der Waals surface area (Å²) in [5.41, 5.74) is 2.05. The van der Waals surface area contributed by atoms with Crippen LogP contribution < -0.4 is 15.0 Å². The summed E-state index contributed by atoms with van der Waals surface area (Å²) in [5, 5.41) is 3.14. The van der Waals surface area contributed by atoms with Gasteiger partial charge in [0.2, 0.25) is 10.0 Å². The van der Waals surface area contributed by atoms with Gasteiger partial charge >= 0.3 is 0 Å². The van der Waals surface area contributed by atoms with Gasteiger partial charge < -0.3 is 19.7 Å². The van der Waals surface area contributed by atoms with Gasteiger partial charge in [0.15, 0.2) is 0 Å². The number of rotatable bonds is 5. The molecule has 1 atom stereocenters. The Balaban J connectivity index is 1.48. The molecule has 9 heteroatoms. The molecule has 0 bridgehead atoms. The number of amides is 1. The van der Waals surface area contributed by atoms with Crippen LogP contribution in [0.4, 0.5) is 5.69 Å². The smallest absolute Gasteiger partial charge is 0.253 e. The van der Waals surface area contributed by atoms with Gasteiger partial charge in [-0.05, 0) is 37.1 Å². The number of carbonyl (C=O) groups is 1. The Kier molecular flexibility index (Phi) is 6.76. The molecule has 0 aromatic heterocycles. The van der Waals surface area contributed by atoms with Crippen molar-refractivity contribution in [1.82, 2.24) is 9.62 Å². The average Bonchev–Trinajstić information content (AvgIpc) is 2.89. The Hall–Kier alpha value is -2.62. The number of sulfonamides is 1. The number of nitrogens with zero attached hydrogens (tertiary/aromatic N) is 2. The highest BCUT2D eigenvalue weighted by Gasteiger charge is 2.30. The fraction of sp³-hybridized carbons (Fsp3) is 0.480. The van der Waals surface area contributed by atoms with E-state index in [1.165, 1.54) is 4.31 Å². The molecule has 1 amide bonds. The maximum Gasteiger partial charge on any atom is 0.253 e. The third kappa shape index (κ3) is 4.64. The highest BCUT2D eigenvalue weighted by atomic mass is 32.2. The van der Waals surface area contributed by atoms with Gasteiger partial charge in [0.1, 0.15) is 5.75 Å². The molecule has 5 rings (SSSR count). The van der Waals surface area contributed by atoms with E-state index >= 15 is 0 Å². The third-order valence-corrected chi connectivity index (χ3v) is 8.68. The molecular weight excluding hydrogens is 454 g/mol. The Morgan fingerprint density at radius 2 is 1.71 bits per heavy atom. The van der Waals surface area contributed by atoms with Crippen molar-refractivity contribution in [3.8, 4) is 5.75 Å². The van der Waals surface area contributed by atoms with Crippen LogP contribution in [0.5, 0.6) is 5.75 Å². The van der Waals surface area contributed by atoms with Gasteiger partial charge in [0, 0.05) is 43.9 Å². The van der Waals surface area contributed by atoms with Crippen LogP contribution in [-0.4, -0.2) is 64.6 Å². The van der Waals surface area contributed by atoms with E-state index in [9.17, 15) is 13.2 Å². The van der Waals surface area contributed by atoms with Crippen molar-refractivity contribution in [3.63, 3.8) is 0 Å². The number of anilines is 1. The molecule has 2 saturated heterocycles. The van der Waals surface area contributed by atoms with E-state index in [4.69, 9.17) is 9.47 Å². The molecule has 182 valence electrons. The SMILES string of the molecule is O=C(NC1CCOc2ccccc21)c1cc(S(=O)(=O)N2CCCCC2)ccc1N1CCOCC1. The summed E-state index contributed by atoms with van der Waals surface area (Å²) < 4.78 is 39.4. The summed E-state index contributed by atoms with van der Waals surface area (Å²) in [6.45, 7) is 4.01. The number of benzene rings is 2. The van der Waals surface area contributed by atoms with E-state index in [0.717, 1.165) is 36.3 Å². The van der Waals surface area contributed by atoms with E-state index in [1.54, 1.807) is 18.2 Å². The van der Waals surface area contributed by atoms with E-state index in [1.807, 2.05) is 24.3 Å². The number of ether oxygens (including phenoxy) is 2. The summed E-state index contributed by atoms with van der Waals surface area (Å²) >= 11 is 0. The zero-order chi connectivity index (χ0) is 23.5. The van der Waals surface area contributed by atoms with Crippen LogP contribution in [0.25, 0.3) is 0 Å². The zero-order valence-electron chi connectivity index (χ0n) is 19.2. The van der Waals surface area contributed by atoms with Gasteiger partial charge in [0.05, 0.1) is 36.3 Å². The number of piperidine rings is 1. The Morgan fingerprint density at radius 3 is 2.50 bits per heavy atom. The van der Waals surface area contributed by atoms with Crippen LogP contribution in [0.1, 0.15) is 47.6 Å². The minimum Gasteiger partial charge on any atom is -0.493 e. The molecule has 0 aliphatic carbocycles. The lowest BCUT2D eigenvalue weighted by atomic mass is 10.00. The van der Waals surface area contributed by atoms with Crippen molar-refractivity contribution in [2.75, 3.05) is 50.9 Å². The summed E-state index contributed by atoms with van der Waals surface area (Å²) in [6, 6.07) is 12.5. The van der Waals surface area contributed by atoms with Gasteiger partial charge in [-0.15, -0.1) is 0 Å². The van der Waals surface area contributed by atoms with Crippen molar-refractivity contribution in [2.45, 2.75) is 36.6 Å². The summed E-state index contributed by atoms with van der Waals surface area (Å²) in [4.78, 5) is 15.9. The van der Waals surface area contributed by atoms with E-state index in [2.05, 4.69) is 10.2 Å². The quantitative estimate of drug-likeness (QED) is 0.701. The number of para-hydroxylation sites is 1. The first kappa shape index (κ1) is 23.1. The van der Waals surface area contributed by atoms with Crippen molar-refractivity contribution in [3.05, 3.63) is 53.6 Å². The number of morpholine rings is 1. The maximum atomic E-state index is 13.6. The normalized spacial score (nSPS) is 21.4. The second-order valence-corrected chi connectivity index (χ2v) is 10.9. The molecule has 0 saturated carbocycles. The Bertz CT molecular complexity index is 1140.